The minimum Gasteiger partial charge on any atom is -0.480 e. The molecule has 1 aliphatic heterocycles. The van der Waals surface area contributed by atoms with Gasteiger partial charge in [-0.1, -0.05) is 83.5 Å². The van der Waals surface area contributed by atoms with Crippen LogP contribution < -0.4 is 21.3 Å². The minimum absolute atomic E-state index is 0.0270. The van der Waals surface area contributed by atoms with Crippen molar-refractivity contribution in [2.75, 3.05) is 6.54 Å². The van der Waals surface area contributed by atoms with Crippen molar-refractivity contribution in [3.63, 3.8) is 0 Å². The third kappa shape index (κ3) is 10.1. The second kappa shape index (κ2) is 18.3. The number of hydrogen-bond donors (Lipinski definition) is 5. The number of carboxylic acid groups (broad SMARTS) is 1. The Morgan fingerprint density at radius 2 is 1.58 bits per heavy atom. The molecule has 1 fully saturated rings. The predicted octanol–water partition coefficient (Wildman–Crippen LogP) is 1.44. The monoisotopic (exact) mass is 731 g/mol. The quantitative estimate of drug-likeness (QED) is 0.117. The number of amides is 5. The standard InChI is InChI=1S/C38H49N7O8/c1-6-11-26(32(46)36(50)42-27(38(52)53)18-23-12-8-7-9-13-23)41-35(49)31-25-15-10-14-24(25)20-45(31)37(51)30(22(4)5)44-34(48)29(21(2)3)43-33(47)28-19-39-16-17-40-28/h7-10,12-14,16-17,19,21-22,24-27,29-31H,6,11,15,18,20H2,1-5H3,(H,41,49)(H,42,50)(H,43,47)(H,44,48)(H,52,53)/t24-,25-,26-,27-,29-,30-,31-/m0/s1. The molecule has 1 aromatic carbocycles. The van der Waals surface area contributed by atoms with E-state index in [4.69, 9.17) is 0 Å². The fourth-order valence-electron chi connectivity index (χ4n) is 6.78. The van der Waals surface area contributed by atoms with Crippen molar-refractivity contribution in [1.82, 2.24) is 36.1 Å². The number of likely N-dealkylation sites (tertiary alicyclic amines) is 1. The van der Waals surface area contributed by atoms with Gasteiger partial charge in [0.1, 0.15) is 29.9 Å². The number of aliphatic carboxylic acids is 1. The summed E-state index contributed by atoms with van der Waals surface area (Å²) in [7, 11) is 0. The third-order valence-electron chi connectivity index (χ3n) is 9.62. The molecule has 2 aliphatic rings. The minimum atomic E-state index is -1.38. The normalized spacial score (nSPS) is 19.8. The summed E-state index contributed by atoms with van der Waals surface area (Å²) in [4.78, 5) is 103. The average Bonchev–Trinajstić information content (AvgIpc) is 3.74. The molecule has 0 spiro atoms. The highest BCUT2D eigenvalue weighted by atomic mass is 16.4. The van der Waals surface area contributed by atoms with Crippen LogP contribution in [-0.4, -0.2) is 98.0 Å². The van der Waals surface area contributed by atoms with Crippen LogP contribution in [0.3, 0.4) is 0 Å². The van der Waals surface area contributed by atoms with E-state index >= 15 is 0 Å². The van der Waals surface area contributed by atoms with Gasteiger partial charge in [-0.3, -0.25) is 33.8 Å². The summed E-state index contributed by atoms with van der Waals surface area (Å²) >= 11 is 0. The first kappa shape index (κ1) is 40.3. The van der Waals surface area contributed by atoms with Gasteiger partial charge in [0.05, 0.1) is 12.2 Å². The lowest BCUT2D eigenvalue weighted by atomic mass is 9.92. The maximum absolute atomic E-state index is 14.3. The molecular weight excluding hydrogens is 682 g/mol. The first-order valence-electron chi connectivity index (χ1n) is 18.0. The summed E-state index contributed by atoms with van der Waals surface area (Å²) in [5.74, 6) is -6.98. The van der Waals surface area contributed by atoms with E-state index in [1.807, 2.05) is 12.2 Å². The van der Waals surface area contributed by atoms with E-state index in [0.29, 0.717) is 18.4 Å². The van der Waals surface area contributed by atoms with Gasteiger partial charge < -0.3 is 31.3 Å². The van der Waals surface area contributed by atoms with E-state index in [0.717, 1.165) is 0 Å². The SMILES string of the molecule is CCC[C@H](NC(=O)[C@@H]1[C@H]2CC=C[C@H]2CN1C(=O)[C@@H](NC(=O)[C@@H](NC(=O)c1cnccn1)C(C)C)C(C)C)C(=O)C(=O)N[C@@H](Cc1ccccc1)C(=O)O. The van der Waals surface area contributed by atoms with Gasteiger partial charge in [0.15, 0.2) is 0 Å². The summed E-state index contributed by atoms with van der Waals surface area (Å²) in [6.07, 6.45) is 8.91. The van der Waals surface area contributed by atoms with E-state index in [1.165, 1.54) is 23.5 Å². The Bertz CT molecular complexity index is 1680. The maximum Gasteiger partial charge on any atom is 0.326 e. The van der Waals surface area contributed by atoms with Gasteiger partial charge in [-0.2, -0.15) is 0 Å². The molecule has 1 saturated heterocycles. The van der Waals surface area contributed by atoms with Crippen molar-refractivity contribution in [3.05, 3.63) is 72.3 Å². The Kier molecular flexibility index (Phi) is 13.9. The van der Waals surface area contributed by atoms with Gasteiger partial charge in [-0.05, 0) is 36.2 Å². The molecule has 4 rings (SSSR count). The van der Waals surface area contributed by atoms with Crippen molar-refractivity contribution >= 4 is 41.3 Å². The van der Waals surface area contributed by atoms with Crippen LogP contribution in [0.15, 0.2) is 61.1 Å². The molecule has 15 heteroatoms. The zero-order chi connectivity index (χ0) is 38.8. The van der Waals surface area contributed by atoms with E-state index in [-0.39, 0.29) is 42.8 Å². The van der Waals surface area contributed by atoms with Crippen LogP contribution in [0.4, 0.5) is 0 Å². The van der Waals surface area contributed by atoms with Crippen LogP contribution >= 0.6 is 0 Å². The smallest absolute Gasteiger partial charge is 0.326 e. The molecule has 0 saturated carbocycles. The number of carbonyl (C=O) groups is 7. The molecule has 1 aliphatic carbocycles. The number of carbonyl (C=O) groups excluding carboxylic acids is 6. The molecule has 0 unspecified atom stereocenters. The zero-order valence-electron chi connectivity index (χ0n) is 30.7. The van der Waals surface area contributed by atoms with Crippen molar-refractivity contribution in [1.29, 1.82) is 0 Å². The number of nitrogens with one attached hydrogen (secondary N) is 4. The molecule has 284 valence electrons. The lowest BCUT2D eigenvalue weighted by Gasteiger charge is -2.33. The molecule has 2 aromatic rings. The number of hydrogen-bond acceptors (Lipinski definition) is 9. The Labute approximate surface area is 308 Å². The van der Waals surface area contributed by atoms with E-state index in [9.17, 15) is 38.7 Å². The Hall–Kier alpha value is -5.47. The molecule has 5 amide bonds. The maximum atomic E-state index is 14.3. The first-order valence-corrected chi connectivity index (χ1v) is 18.0. The predicted molar refractivity (Wildman–Crippen MR) is 193 cm³/mol. The largest absolute Gasteiger partial charge is 0.480 e. The fourth-order valence-corrected chi connectivity index (χ4v) is 6.78. The Balaban J connectivity index is 1.50. The lowest BCUT2D eigenvalue weighted by molar-refractivity contribution is -0.146. The second-order valence-corrected chi connectivity index (χ2v) is 14.2. The number of rotatable bonds is 17. The number of nitrogens with zero attached hydrogens (tertiary/aromatic N) is 3. The molecule has 0 bridgehead atoms. The van der Waals surface area contributed by atoms with E-state index < -0.39 is 77.4 Å². The van der Waals surface area contributed by atoms with Crippen LogP contribution in [-0.2, 0) is 35.2 Å². The molecule has 15 nitrogen and oxygen atoms in total. The first-order chi connectivity index (χ1) is 25.2. The number of benzene rings is 1. The summed E-state index contributed by atoms with van der Waals surface area (Å²) < 4.78 is 0. The van der Waals surface area contributed by atoms with Crippen molar-refractivity contribution in [2.45, 2.75) is 90.5 Å². The molecule has 53 heavy (non-hydrogen) atoms. The number of carboxylic acids is 1. The lowest BCUT2D eigenvalue weighted by Crippen LogP contribution is -2.60. The molecule has 0 radical (unpaired) electrons. The molecular formula is C38H49N7O8. The van der Waals surface area contributed by atoms with Gasteiger partial charge in [0.2, 0.25) is 23.5 Å². The van der Waals surface area contributed by atoms with Crippen LogP contribution in [0.25, 0.3) is 0 Å². The van der Waals surface area contributed by atoms with Gasteiger partial charge in [-0.25, -0.2) is 9.78 Å². The summed E-state index contributed by atoms with van der Waals surface area (Å²) in [6.45, 7) is 8.99. The van der Waals surface area contributed by atoms with Crippen LogP contribution in [0, 0.1) is 23.7 Å². The Morgan fingerprint density at radius 1 is 0.887 bits per heavy atom. The van der Waals surface area contributed by atoms with Crippen LogP contribution in [0.1, 0.15) is 69.9 Å². The van der Waals surface area contributed by atoms with Gasteiger partial charge in [0, 0.05) is 31.3 Å². The van der Waals surface area contributed by atoms with E-state index in [1.54, 1.807) is 65.0 Å². The number of fused-ring (bicyclic) bond motifs is 1. The van der Waals surface area contributed by atoms with E-state index in [2.05, 4.69) is 31.2 Å². The Morgan fingerprint density at radius 3 is 2.19 bits per heavy atom. The molecule has 7 atom stereocenters. The second-order valence-electron chi connectivity index (χ2n) is 14.2. The zero-order valence-corrected chi connectivity index (χ0v) is 30.7. The summed E-state index contributed by atoms with van der Waals surface area (Å²) in [5, 5.41) is 20.3. The number of Topliss-reactive ketones (excluding diaryl/α,β-unsaturated/α-hetero) is 1. The van der Waals surface area contributed by atoms with Crippen molar-refractivity contribution < 1.29 is 38.7 Å². The highest BCUT2D eigenvalue weighted by Gasteiger charge is 2.50. The fraction of sp³-hybridized carbons (Fsp3) is 0.500. The number of ketones is 1. The van der Waals surface area contributed by atoms with Gasteiger partial charge in [0.25, 0.3) is 11.8 Å². The topological polar surface area (TPSA) is 217 Å². The number of aromatic nitrogens is 2. The number of allylic oxidation sites excluding steroid dienone is 1. The van der Waals surface area contributed by atoms with Crippen molar-refractivity contribution in [3.8, 4) is 0 Å². The molecule has 5 N–H and O–H groups in total. The van der Waals surface area contributed by atoms with Gasteiger partial charge >= 0.3 is 5.97 Å². The molecule has 2 heterocycles. The molecule has 1 aromatic heterocycles. The summed E-state index contributed by atoms with van der Waals surface area (Å²) in [5.41, 5.74) is 0.679. The highest BCUT2D eigenvalue weighted by molar-refractivity contribution is 6.38. The van der Waals surface area contributed by atoms with Crippen LogP contribution in [0.2, 0.25) is 0 Å². The average molecular weight is 732 g/mol. The summed E-state index contributed by atoms with van der Waals surface area (Å²) in [6, 6.07) is 2.92. The van der Waals surface area contributed by atoms with Crippen LogP contribution in [0.5, 0.6) is 0 Å². The van der Waals surface area contributed by atoms with Gasteiger partial charge in [-0.15, -0.1) is 0 Å². The highest BCUT2D eigenvalue weighted by Crippen LogP contribution is 2.39. The van der Waals surface area contributed by atoms with Crippen molar-refractivity contribution in [2.24, 2.45) is 23.7 Å². The third-order valence-corrected chi connectivity index (χ3v) is 9.62.